The second-order valence-corrected chi connectivity index (χ2v) is 9.26. The summed E-state index contributed by atoms with van der Waals surface area (Å²) in [5.74, 6) is -1.48. The molecular weight excluding hydrogens is 452 g/mol. The Balaban J connectivity index is 1.75. The third-order valence-electron chi connectivity index (χ3n) is 6.41. The molecule has 1 aliphatic rings. The van der Waals surface area contributed by atoms with Crippen LogP contribution in [0.15, 0.2) is 67.0 Å². The van der Waals surface area contributed by atoms with Crippen LogP contribution in [0.1, 0.15) is 33.5 Å². The summed E-state index contributed by atoms with van der Waals surface area (Å²) in [6, 6.07) is 16.6. The van der Waals surface area contributed by atoms with E-state index in [2.05, 4.69) is 5.10 Å². The maximum Gasteiger partial charge on any atom is 0.331 e. The van der Waals surface area contributed by atoms with E-state index in [1.807, 2.05) is 64.1 Å². The van der Waals surface area contributed by atoms with Crippen LogP contribution in [-0.2, 0) is 9.59 Å². The molecule has 0 atom stereocenters. The van der Waals surface area contributed by atoms with Gasteiger partial charge in [-0.1, -0.05) is 35.4 Å². The van der Waals surface area contributed by atoms with Gasteiger partial charge in [-0.3, -0.25) is 9.59 Å². The van der Waals surface area contributed by atoms with Crippen LogP contribution < -0.4 is 14.6 Å². The Hall–Kier alpha value is -4.52. The summed E-state index contributed by atoms with van der Waals surface area (Å²) >= 11 is 0. The smallest absolute Gasteiger partial charge is 0.331 e. The molecule has 180 valence electrons. The summed E-state index contributed by atoms with van der Waals surface area (Å²) in [4.78, 5) is 28.8. The third kappa shape index (κ3) is 3.69. The van der Waals surface area contributed by atoms with Crippen LogP contribution in [0.25, 0.3) is 17.0 Å². The molecule has 7 heteroatoms. The number of imide groups is 1. The van der Waals surface area contributed by atoms with Crippen molar-refractivity contribution in [1.29, 1.82) is 0 Å². The van der Waals surface area contributed by atoms with Gasteiger partial charge in [0.2, 0.25) is 0 Å². The lowest BCUT2D eigenvalue weighted by Crippen LogP contribution is -2.39. The van der Waals surface area contributed by atoms with Crippen molar-refractivity contribution in [3.05, 3.63) is 101 Å². The first-order chi connectivity index (χ1) is 17.2. The molecule has 0 aliphatic carbocycles. The topological polar surface area (TPSA) is 82.1 Å². The average Bonchev–Trinajstić information content (AvgIpc) is 3.25. The molecule has 0 saturated carbocycles. The molecule has 2 aromatic carbocycles. The summed E-state index contributed by atoms with van der Waals surface area (Å²) in [5.41, 5.74) is 5.65. The molecule has 0 N–H and O–H groups in total. The van der Waals surface area contributed by atoms with Gasteiger partial charge in [-0.25, -0.2) is 9.58 Å². The highest BCUT2D eigenvalue weighted by molar-refractivity contribution is 6.53. The minimum absolute atomic E-state index is 0.0506. The third-order valence-corrected chi connectivity index (χ3v) is 6.41. The number of pyridine rings is 1. The molecule has 0 radical (unpaired) electrons. The van der Waals surface area contributed by atoms with Crippen molar-refractivity contribution in [2.45, 2.75) is 34.6 Å². The number of hydrogen-bond donors (Lipinski definition) is 0. The van der Waals surface area contributed by atoms with E-state index >= 15 is 0 Å². The number of amides is 2. The van der Waals surface area contributed by atoms with Gasteiger partial charge in [0.05, 0.1) is 17.1 Å². The van der Waals surface area contributed by atoms with Gasteiger partial charge in [0.1, 0.15) is 5.57 Å². The molecule has 0 saturated heterocycles. The fourth-order valence-corrected chi connectivity index (χ4v) is 4.64. The number of carbonyl (C=O) groups is 2. The average molecular weight is 479 g/mol. The van der Waals surface area contributed by atoms with E-state index in [0.717, 1.165) is 27.2 Å². The standard InChI is InChI=1S/C29H26N4O3/c1-17-8-11-22(12-9-17)32-27(34)25(26(29(32)36)31-14-6-7-19(3)16-31)24-21(5)30-33(28(24)35)23-13-10-18(2)15-20(23)4/h6-16H,1-5H3. The summed E-state index contributed by atoms with van der Waals surface area (Å²) in [5, 5.41) is 18.3. The van der Waals surface area contributed by atoms with Crippen LogP contribution in [0.2, 0.25) is 0 Å². The minimum atomic E-state index is -0.548. The lowest BCUT2D eigenvalue weighted by Gasteiger charge is -2.16. The maximum absolute atomic E-state index is 13.9. The molecule has 1 aliphatic heterocycles. The monoisotopic (exact) mass is 478 g/mol. The summed E-state index contributed by atoms with van der Waals surface area (Å²) in [6.45, 7) is 9.42. The molecule has 3 heterocycles. The summed E-state index contributed by atoms with van der Waals surface area (Å²) in [6.07, 6.45) is 3.48. The van der Waals surface area contributed by atoms with E-state index in [4.69, 9.17) is 0 Å². The number of aromatic nitrogens is 3. The fraction of sp³-hybridized carbons (Fsp3) is 0.172. The Morgan fingerprint density at radius 2 is 1.53 bits per heavy atom. The van der Waals surface area contributed by atoms with Crippen molar-refractivity contribution in [3.63, 3.8) is 0 Å². The predicted molar refractivity (Wildman–Crippen MR) is 135 cm³/mol. The lowest BCUT2D eigenvalue weighted by atomic mass is 10.0. The van der Waals surface area contributed by atoms with Gasteiger partial charge < -0.3 is 5.11 Å². The van der Waals surface area contributed by atoms with Crippen LogP contribution in [0.5, 0.6) is 5.88 Å². The summed E-state index contributed by atoms with van der Waals surface area (Å²) in [7, 11) is 0. The van der Waals surface area contributed by atoms with E-state index in [1.165, 1.54) is 4.68 Å². The number of nitrogens with zero attached hydrogens (tertiary/aromatic N) is 4. The summed E-state index contributed by atoms with van der Waals surface area (Å²) < 4.78 is 2.93. The van der Waals surface area contributed by atoms with Gasteiger partial charge in [-0.05, 0) is 70.3 Å². The first kappa shape index (κ1) is 23.2. The second kappa shape index (κ2) is 8.61. The van der Waals surface area contributed by atoms with Gasteiger partial charge in [-0.15, -0.1) is 0 Å². The molecule has 0 fully saturated rings. The maximum atomic E-state index is 13.9. The van der Waals surface area contributed by atoms with Crippen LogP contribution in [0.4, 0.5) is 5.69 Å². The molecule has 4 aromatic rings. The lowest BCUT2D eigenvalue weighted by molar-refractivity contribution is -0.577. The molecule has 2 aromatic heterocycles. The molecular formula is C29H26N4O3. The van der Waals surface area contributed by atoms with Crippen molar-refractivity contribution in [2.75, 3.05) is 4.90 Å². The number of benzene rings is 2. The van der Waals surface area contributed by atoms with Gasteiger partial charge in [0, 0.05) is 17.2 Å². The second-order valence-electron chi connectivity index (χ2n) is 9.26. The zero-order valence-corrected chi connectivity index (χ0v) is 20.9. The van der Waals surface area contributed by atoms with Crippen LogP contribution in [0.3, 0.4) is 0 Å². The Morgan fingerprint density at radius 1 is 0.833 bits per heavy atom. The van der Waals surface area contributed by atoms with E-state index in [0.29, 0.717) is 17.1 Å². The van der Waals surface area contributed by atoms with Crippen molar-refractivity contribution in [1.82, 2.24) is 9.78 Å². The highest BCUT2D eigenvalue weighted by atomic mass is 16.3. The first-order valence-corrected chi connectivity index (χ1v) is 11.7. The minimum Gasteiger partial charge on any atom is -0.858 e. The Morgan fingerprint density at radius 3 is 2.19 bits per heavy atom. The van der Waals surface area contributed by atoms with Crippen molar-refractivity contribution < 1.29 is 19.3 Å². The highest BCUT2D eigenvalue weighted by Crippen LogP contribution is 2.38. The zero-order valence-electron chi connectivity index (χ0n) is 20.9. The van der Waals surface area contributed by atoms with Crippen LogP contribution >= 0.6 is 0 Å². The molecule has 2 amide bonds. The van der Waals surface area contributed by atoms with Crippen LogP contribution in [-0.4, -0.2) is 21.6 Å². The predicted octanol–water partition coefficient (Wildman–Crippen LogP) is 3.72. The van der Waals surface area contributed by atoms with Crippen molar-refractivity contribution in [3.8, 4) is 11.6 Å². The molecule has 36 heavy (non-hydrogen) atoms. The number of hydrogen-bond acceptors (Lipinski definition) is 4. The Bertz CT molecular complexity index is 1580. The van der Waals surface area contributed by atoms with Crippen molar-refractivity contribution >= 4 is 28.8 Å². The largest absolute Gasteiger partial charge is 0.858 e. The number of carbonyl (C=O) groups excluding carboxylic acids is 2. The van der Waals surface area contributed by atoms with Crippen LogP contribution in [0, 0.1) is 34.6 Å². The molecule has 0 unspecified atom stereocenters. The van der Waals surface area contributed by atoms with E-state index in [-0.39, 0.29) is 16.8 Å². The SMILES string of the molecule is Cc1ccc(N2C(=O)C(c3c(C)nn(-c4ccc(C)cc4C)c3[O-])=C([n+]3cccc(C)c3)C2=O)cc1. The number of aryl methyl sites for hydroxylation is 5. The Labute approximate surface area is 209 Å². The number of rotatable bonds is 4. The van der Waals surface area contributed by atoms with E-state index < -0.39 is 17.7 Å². The van der Waals surface area contributed by atoms with Gasteiger partial charge >= 0.3 is 5.91 Å². The molecule has 0 bridgehead atoms. The van der Waals surface area contributed by atoms with E-state index in [9.17, 15) is 14.7 Å². The Kier molecular flexibility index (Phi) is 5.55. The van der Waals surface area contributed by atoms with Gasteiger partial charge in [0.15, 0.2) is 12.4 Å². The normalized spacial score (nSPS) is 13.8. The molecule has 0 spiro atoms. The highest BCUT2D eigenvalue weighted by Gasteiger charge is 2.47. The van der Waals surface area contributed by atoms with Crippen molar-refractivity contribution in [2.24, 2.45) is 0 Å². The fourth-order valence-electron chi connectivity index (χ4n) is 4.64. The quantitative estimate of drug-likeness (QED) is 0.331. The van der Waals surface area contributed by atoms with Gasteiger partial charge in [-0.2, -0.15) is 9.67 Å². The first-order valence-electron chi connectivity index (χ1n) is 11.7. The van der Waals surface area contributed by atoms with E-state index in [1.54, 1.807) is 42.1 Å². The number of anilines is 1. The molecule has 7 nitrogen and oxygen atoms in total. The molecule has 5 rings (SSSR count). The van der Waals surface area contributed by atoms with Gasteiger partial charge in [0.25, 0.3) is 11.6 Å². The zero-order chi connectivity index (χ0) is 25.7.